The van der Waals surface area contributed by atoms with Crippen molar-refractivity contribution in [2.45, 2.75) is 55.3 Å². The molecule has 1 saturated heterocycles. The average molecular weight is 396 g/mol. The van der Waals surface area contributed by atoms with Gasteiger partial charge in [0.15, 0.2) is 22.9 Å². The van der Waals surface area contributed by atoms with Crippen LogP contribution in [0.25, 0.3) is 0 Å². The summed E-state index contributed by atoms with van der Waals surface area (Å²) in [5.74, 6) is 0.750. The molecule has 1 spiro atoms. The zero-order chi connectivity index (χ0) is 16.0. The highest BCUT2D eigenvalue weighted by Crippen LogP contribution is 2.68. The maximum atomic E-state index is 12.9. The third-order valence-corrected chi connectivity index (χ3v) is 6.99. The second-order valence-electron chi connectivity index (χ2n) is 7.47. The number of piperidine rings is 1. The van der Waals surface area contributed by atoms with Crippen LogP contribution in [0.5, 0.6) is 11.5 Å². The molecule has 0 aromatic heterocycles. The van der Waals surface area contributed by atoms with E-state index in [1.165, 1.54) is 5.56 Å². The lowest BCUT2D eigenvalue weighted by atomic mass is 9.45. The van der Waals surface area contributed by atoms with E-state index in [0.717, 1.165) is 24.9 Å². The molecule has 4 aliphatic rings. The van der Waals surface area contributed by atoms with Gasteiger partial charge in [-0.1, -0.05) is 6.07 Å². The number of phenolic OH excluding ortho intramolecular Hbond substituents is 1. The van der Waals surface area contributed by atoms with Gasteiger partial charge in [0, 0.05) is 25.1 Å². The quantitative estimate of drug-likeness (QED) is 0.761. The summed E-state index contributed by atoms with van der Waals surface area (Å²) in [5.41, 5.74) is 0.258. The fourth-order valence-electron chi connectivity index (χ4n) is 6.07. The lowest BCUT2D eigenvalue weighted by Crippen LogP contribution is -2.80. The van der Waals surface area contributed by atoms with Crippen LogP contribution in [0, 0.1) is 0 Å². The first-order valence-corrected chi connectivity index (χ1v) is 8.36. The molecule has 1 aromatic carbocycles. The van der Waals surface area contributed by atoms with Crippen molar-refractivity contribution < 1.29 is 19.4 Å². The minimum atomic E-state index is -0.960. The van der Waals surface area contributed by atoms with Crippen molar-refractivity contribution in [3.8, 4) is 11.5 Å². The number of Topliss-reactive ketones (excluding diaryl/α,β-unsaturated/α-hetero) is 1. The Hall–Kier alpha value is -1.11. The highest BCUT2D eigenvalue weighted by molar-refractivity contribution is 8.93. The summed E-state index contributed by atoms with van der Waals surface area (Å²) < 4.78 is 12.4. The van der Waals surface area contributed by atoms with Crippen molar-refractivity contribution in [3.05, 3.63) is 23.3 Å². The van der Waals surface area contributed by atoms with Gasteiger partial charge < -0.3 is 19.9 Å². The molecular formula is C18H22BrNO4. The lowest BCUT2D eigenvalue weighted by molar-refractivity contribution is -0.199. The number of ketones is 1. The predicted octanol–water partition coefficient (Wildman–Crippen LogP) is 2.03. The molecule has 24 heavy (non-hydrogen) atoms. The first-order valence-electron chi connectivity index (χ1n) is 8.36. The Morgan fingerprint density at radius 2 is 2.17 bits per heavy atom. The number of hydrogen-bond acceptors (Lipinski definition) is 5. The SMILES string of the molecule is Br.CO[C@@]12CCC(=O)C3(C)Oc4c(O)ccc5c4[C@@]31CCN[C@@H]2C5. The van der Waals surface area contributed by atoms with E-state index in [1.807, 2.05) is 13.0 Å². The number of aromatic hydroxyl groups is 1. The number of carbonyl (C=O) groups is 1. The zero-order valence-electron chi connectivity index (χ0n) is 13.8. The topological polar surface area (TPSA) is 67.8 Å². The Kier molecular flexibility index (Phi) is 3.23. The molecule has 6 heteroatoms. The highest BCUT2D eigenvalue weighted by Gasteiger charge is 2.77. The normalized spacial score (nSPS) is 41.2. The molecule has 0 radical (unpaired) electrons. The Bertz CT molecular complexity index is 753. The van der Waals surface area contributed by atoms with Gasteiger partial charge in [0.1, 0.15) is 0 Å². The number of rotatable bonds is 1. The fourth-order valence-corrected chi connectivity index (χ4v) is 6.07. The first-order chi connectivity index (χ1) is 11.0. The number of phenols is 1. The molecule has 1 saturated carbocycles. The van der Waals surface area contributed by atoms with Gasteiger partial charge in [0.2, 0.25) is 0 Å². The van der Waals surface area contributed by atoms with Crippen molar-refractivity contribution in [1.29, 1.82) is 0 Å². The summed E-state index contributed by atoms with van der Waals surface area (Å²) >= 11 is 0. The van der Waals surface area contributed by atoms with Crippen LogP contribution in [0.2, 0.25) is 0 Å². The van der Waals surface area contributed by atoms with E-state index in [0.29, 0.717) is 18.6 Å². The summed E-state index contributed by atoms with van der Waals surface area (Å²) in [6.45, 7) is 2.73. The summed E-state index contributed by atoms with van der Waals surface area (Å²) in [7, 11) is 1.75. The minimum Gasteiger partial charge on any atom is -0.504 e. The number of halogens is 1. The molecule has 2 aliphatic carbocycles. The van der Waals surface area contributed by atoms with Crippen LogP contribution in [0.1, 0.15) is 37.3 Å². The van der Waals surface area contributed by atoms with E-state index in [2.05, 4.69) is 5.32 Å². The largest absolute Gasteiger partial charge is 0.504 e. The number of hydrogen-bond donors (Lipinski definition) is 2. The van der Waals surface area contributed by atoms with Crippen LogP contribution >= 0.6 is 17.0 Å². The Labute approximate surface area is 151 Å². The van der Waals surface area contributed by atoms with E-state index in [9.17, 15) is 9.90 Å². The van der Waals surface area contributed by atoms with Gasteiger partial charge in [0.25, 0.3) is 0 Å². The van der Waals surface area contributed by atoms with Crippen LogP contribution in [-0.4, -0.2) is 41.8 Å². The third-order valence-electron chi connectivity index (χ3n) is 6.99. The predicted molar refractivity (Wildman–Crippen MR) is 93.2 cm³/mol. The van der Waals surface area contributed by atoms with Crippen LogP contribution in [0.3, 0.4) is 0 Å². The van der Waals surface area contributed by atoms with E-state index in [-0.39, 0.29) is 34.6 Å². The van der Waals surface area contributed by atoms with Gasteiger partial charge in [-0.05, 0) is 44.4 Å². The van der Waals surface area contributed by atoms with Crippen LogP contribution in [-0.2, 0) is 21.4 Å². The average Bonchev–Trinajstić information content (AvgIpc) is 2.81. The Balaban J connectivity index is 0.00000146. The summed E-state index contributed by atoms with van der Waals surface area (Å²) in [6.07, 6.45) is 2.77. The molecule has 2 N–H and O–H groups in total. The van der Waals surface area contributed by atoms with Gasteiger partial charge in [0.05, 0.1) is 11.0 Å². The maximum absolute atomic E-state index is 12.9. The molecule has 2 aliphatic heterocycles. The van der Waals surface area contributed by atoms with Crippen molar-refractivity contribution in [2.75, 3.05) is 13.7 Å². The second kappa shape index (κ2) is 4.74. The van der Waals surface area contributed by atoms with Crippen molar-refractivity contribution >= 4 is 22.8 Å². The smallest absolute Gasteiger partial charge is 0.177 e. The second-order valence-corrected chi connectivity index (χ2v) is 7.47. The van der Waals surface area contributed by atoms with Crippen LogP contribution in [0.4, 0.5) is 0 Å². The number of carbonyl (C=O) groups excluding carboxylic acids is 1. The molecule has 2 heterocycles. The number of ether oxygens (including phenoxy) is 2. The maximum Gasteiger partial charge on any atom is 0.177 e. The van der Waals surface area contributed by atoms with Gasteiger partial charge in [-0.15, -0.1) is 17.0 Å². The molecule has 1 aromatic rings. The Morgan fingerprint density at radius 1 is 1.38 bits per heavy atom. The number of methoxy groups -OCH3 is 1. The molecule has 4 atom stereocenters. The zero-order valence-corrected chi connectivity index (χ0v) is 15.6. The molecule has 1 unspecified atom stereocenters. The molecular weight excluding hydrogens is 374 g/mol. The highest BCUT2D eigenvalue weighted by atomic mass is 79.9. The first kappa shape index (κ1) is 16.4. The molecule has 2 fully saturated rings. The fraction of sp³-hybridized carbons (Fsp3) is 0.611. The van der Waals surface area contributed by atoms with E-state index in [1.54, 1.807) is 13.2 Å². The Morgan fingerprint density at radius 3 is 2.92 bits per heavy atom. The molecule has 130 valence electrons. The summed E-state index contributed by atoms with van der Waals surface area (Å²) in [5, 5.41) is 14.0. The monoisotopic (exact) mass is 395 g/mol. The van der Waals surface area contributed by atoms with E-state index >= 15 is 0 Å². The number of nitrogens with one attached hydrogen (secondary N) is 1. The van der Waals surface area contributed by atoms with Gasteiger partial charge in [-0.2, -0.15) is 0 Å². The number of benzene rings is 1. The van der Waals surface area contributed by atoms with Crippen LogP contribution < -0.4 is 10.1 Å². The van der Waals surface area contributed by atoms with Gasteiger partial charge in [-0.25, -0.2) is 0 Å². The molecule has 0 amide bonds. The van der Waals surface area contributed by atoms with E-state index < -0.39 is 16.6 Å². The third kappa shape index (κ3) is 1.40. The summed E-state index contributed by atoms with van der Waals surface area (Å²) in [4.78, 5) is 12.9. The van der Waals surface area contributed by atoms with Crippen LogP contribution in [0.15, 0.2) is 12.1 Å². The van der Waals surface area contributed by atoms with E-state index in [4.69, 9.17) is 9.47 Å². The summed E-state index contributed by atoms with van der Waals surface area (Å²) in [6, 6.07) is 3.83. The molecule has 2 bridgehead atoms. The van der Waals surface area contributed by atoms with Crippen molar-refractivity contribution in [3.63, 3.8) is 0 Å². The molecule has 5 nitrogen and oxygen atoms in total. The van der Waals surface area contributed by atoms with Crippen molar-refractivity contribution in [1.82, 2.24) is 5.32 Å². The van der Waals surface area contributed by atoms with Crippen molar-refractivity contribution in [2.24, 2.45) is 0 Å². The van der Waals surface area contributed by atoms with Gasteiger partial charge >= 0.3 is 0 Å². The standard InChI is InChI=1S/C18H21NO4.BrH/c1-16-13(21)5-6-18(22-2)12-9-10-3-4-11(20)15(23-16)14(10)17(16,18)7-8-19-12;/h3-4,12,19-20H,5-9H2,1-2H3;1H/t12-,16?,17+,18-;/m1./s1. The van der Waals surface area contributed by atoms with Gasteiger partial charge in [-0.3, -0.25) is 4.79 Å². The minimum absolute atomic E-state index is 0. The lowest BCUT2D eigenvalue weighted by Gasteiger charge is -2.64. The molecule has 5 rings (SSSR count).